The molecule has 0 unspecified atom stereocenters. The molecule has 0 bridgehead atoms. The van der Waals surface area contributed by atoms with E-state index in [-0.39, 0.29) is 42.7 Å². The van der Waals surface area contributed by atoms with Crippen molar-refractivity contribution in [2.45, 2.75) is 45.6 Å². The fourth-order valence-corrected chi connectivity index (χ4v) is 5.02. The van der Waals surface area contributed by atoms with E-state index in [0.717, 1.165) is 22.3 Å². The Kier molecular flexibility index (Phi) is 9.38. The van der Waals surface area contributed by atoms with Gasteiger partial charge in [0.25, 0.3) is 5.91 Å². The van der Waals surface area contributed by atoms with Gasteiger partial charge in [0.2, 0.25) is 0 Å². The predicted molar refractivity (Wildman–Crippen MR) is 153 cm³/mol. The number of carbonyl (C=O) groups is 2. The van der Waals surface area contributed by atoms with Crippen LogP contribution in [0.4, 0.5) is 4.79 Å². The van der Waals surface area contributed by atoms with Crippen molar-refractivity contribution >= 4 is 11.9 Å². The number of likely N-dealkylation sites (N-methyl/N-ethyl adjacent to an activating group) is 1. The molecule has 0 radical (unpaired) electrons. The Balaban J connectivity index is 1.61. The fourth-order valence-electron chi connectivity index (χ4n) is 5.02. The van der Waals surface area contributed by atoms with Gasteiger partial charge in [-0.2, -0.15) is 0 Å². The zero-order valence-corrected chi connectivity index (χ0v) is 23.2. The molecule has 1 aliphatic rings. The molecule has 0 fully saturated rings. The number of nitrogens with one attached hydrogen (secondary N) is 1. The van der Waals surface area contributed by atoms with Crippen LogP contribution in [0.2, 0.25) is 0 Å². The Morgan fingerprint density at radius 1 is 1.00 bits per heavy atom. The minimum absolute atomic E-state index is 0.109. The van der Waals surface area contributed by atoms with Crippen LogP contribution in [-0.2, 0) is 11.3 Å². The summed E-state index contributed by atoms with van der Waals surface area (Å²) in [6, 6.07) is 24.7. The predicted octanol–water partition coefficient (Wildman–Crippen LogP) is 5.11. The maximum absolute atomic E-state index is 13.9. The Labute approximate surface area is 231 Å². The van der Waals surface area contributed by atoms with Crippen molar-refractivity contribution in [2.75, 3.05) is 26.7 Å². The van der Waals surface area contributed by atoms with Crippen molar-refractivity contribution < 1.29 is 19.4 Å². The second-order valence-corrected chi connectivity index (χ2v) is 10.5. The van der Waals surface area contributed by atoms with E-state index in [1.54, 1.807) is 16.8 Å². The number of rotatable bonds is 6. The summed E-state index contributed by atoms with van der Waals surface area (Å²) < 4.78 is 6.51. The lowest BCUT2D eigenvalue weighted by Crippen LogP contribution is -2.49. The molecule has 4 rings (SSSR count). The van der Waals surface area contributed by atoms with Gasteiger partial charge >= 0.3 is 6.03 Å². The maximum Gasteiger partial charge on any atom is 0.317 e. The van der Waals surface area contributed by atoms with Gasteiger partial charge in [-0.3, -0.25) is 4.79 Å². The maximum atomic E-state index is 13.9. The highest BCUT2D eigenvalue weighted by atomic mass is 16.5. The zero-order chi connectivity index (χ0) is 27.9. The Morgan fingerprint density at radius 2 is 1.62 bits per heavy atom. The molecule has 4 atom stereocenters. The van der Waals surface area contributed by atoms with Crippen molar-refractivity contribution in [3.05, 3.63) is 95.6 Å². The lowest BCUT2D eigenvalue weighted by molar-refractivity contribution is -0.0185. The summed E-state index contributed by atoms with van der Waals surface area (Å²) in [5, 5.41) is 13.1. The first-order valence-corrected chi connectivity index (χ1v) is 13.6. The third kappa shape index (κ3) is 6.67. The van der Waals surface area contributed by atoms with Crippen LogP contribution < -0.4 is 5.32 Å². The number of aliphatic hydroxyl groups excluding tert-OH is 1. The number of hydrogen-bond donors (Lipinski definition) is 2. The van der Waals surface area contributed by atoms with Crippen molar-refractivity contribution in [2.24, 2.45) is 5.92 Å². The minimum atomic E-state index is -0.377. The first-order valence-electron chi connectivity index (χ1n) is 13.6. The van der Waals surface area contributed by atoms with Crippen molar-refractivity contribution in [3.8, 4) is 11.1 Å². The van der Waals surface area contributed by atoms with Crippen LogP contribution in [0, 0.1) is 5.92 Å². The number of hydrogen-bond acceptors (Lipinski definition) is 4. The number of amides is 3. The summed E-state index contributed by atoms with van der Waals surface area (Å²) in [7, 11) is 1.76. The van der Waals surface area contributed by atoms with E-state index in [9.17, 15) is 14.7 Å². The quantitative estimate of drug-likeness (QED) is 0.465. The van der Waals surface area contributed by atoms with Crippen LogP contribution >= 0.6 is 0 Å². The van der Waals surface area contributed by atoms with E-state index in [0.29, 0.717) is 25.3 Å². The third-order valence-corrected chi connectivity index (χ3v) is 7.53. The van der Waals surface area contributed by atoms with E-state index in [2.05, 4.69) is 5.32 Å². The molecule has 1 heterocycles. The molecule has 7 heteroatoms. The zero-order valence-electron chi connectivity index (χ0n) is 23.2. The smallest absolute Gasteiger partial charge is 0.317 e. The van der Waals surface area contributed by atoms with Crippen LogP contribution in [0.1, 0.15) is 48.3 Å². The number of ether oxygens (including phenoxy) is 1. The topological polar surface area (TPSA) is 82.1 Å². The van der Waals surface area contributed by atoms with Crippen molar-refractivity contribution in [1.82, 2.24) is 15.1 Å². The molecule has 0 aliphatic carbocycles. The van der Waals surface area contributed by atoms with E-state index in [1.165, 1.54) is 0 Å². The van der Waals surface area contributed by atoms with E-state index < -0.39 is 0 Å². The largest absolute Gasteiger partial charge is 0.394 e. The molecule has 0 aromatic heterocycles. The number of urea groups is 1. The molecule has 0 saturated heterocycles. The Hall–Kier alpha value is -3.68. The van der Waals surface area contributed by atoms with Gasteiger partial charge in [-0.15, -0.1) is 0 Å². The molecule has 2 N–H and O–H groups in total. The number of fused-ring (bicyclic) bond motifs is 3. The second-order valence-electron chi connectivity index (χ2n) is 10.5. The minimum Gasteiger partial charge on any atom is -0.394 e. The van der Waals surface area contributed by atoms with Gasteiger partial charge in [0.15, 0.2) is 0 Å². The standard InChI is InChI=1S/C32H39N3O4/c1-22-18-35(23(2)20-36)31(37)29-17-11-10-16-28(29)27-15-9-8-14-26(27)21-39-30(22)19-34(4)32(38)33-24(3)25-12-6-5-7-13-25/h5-17,22-24,30,36H,18-21H2,1-4H3,(H,33,38)/t22-,23+,24-,30-/m0/s1. The first kappa shape index (κ1) is 28.3. The molecule has 3 aromatic rings. The van der Waals surface area contributed by atoms with Crippen molar-refractivity contribution in [1.29, 1.82) is 0 Å². The molecule has 206 valence electrons. The molecular weight excluding hydrogens is 490 g/mol. The Morgan fingerprint density at radius 3 is 2.31 bits per heavy atom. The van der Waals surface area contributed by atoms with E-state index >= 15 is 0 Å². The van der Waals surface area contributed by atoms with Crippen LogP contribution in [0.3, 0.4) is 0 Å². The summed E-state index contributed by atoms with van der Waals surface area (Å²) in [6.45, 7) is 6.76. The SMILES string of the molecule is C[C@H](NC(=O)N(C)C[C@@H]1OCc2ccccc2-c2ccccc2C(=O)N([C@H](C)CO)C[C@@H]1C)c1ccccc1. The highest BCUT2D eigenvalue weighted by Gasteiger charge is 2.31. The molecule has 39 heavy (non-hydrogen) atoms. The van der Waals surface area contributed by atoms with Gasteiger partial charge in [-0.1, -0.05) is 79.7 Å². The number of aliphatic hydroxyl groups is 1. The summed E-state index contributed by atoms with van der Waals surface area (Å²) >= 11 is 0. The first-order chi connectivity index (χ1) is 18.8. The average Bonchev–Trinajstić information content (AvgIpc) is 2.98. The molecule has 0 spiro atoms. The van der Waals surface area contributed by atoms with Gasteiger partial charge in [-0.05, 0) is 42.2 Å². The number of benzene rings is 3. The van der Waals surface area contributed by atoms with E-state index in [4.69, 9.17) is 4.74 Å². The number of nitrogens with zero attached hydrogens (tertiary/aromatic N) is 2. The highest BCUT2D eigenvalue weighted by Crippen LogP contribution is 2.31. The lowest BCUT2D eigenvalue weighted by Gasteiger charge is -2.35. The Bertz CT molecular complexity index is 1270. The summed E-state index contributed by atoms with van der Waals surface area (Å²) in [5.74, 6) is -0.237. The van der Waals surface area contributed by atoms with Crippen LogP contribution in [0.15, 0.2) is 78.9 Å². The van der Waals surface area contributed by atoms with Crippen LogP contribution in [0.25, 0.3) is 11.1 Å². The second kappa shape index (κ2) is 12.9. The van der Waals surface area contributed by atoms with Gasteiger partial charge in [0.05, 0.1) is 31.4 Å². The summed E-state index contributed by atoms with van der Waals surface area (Å²) in [5.41, 5.74) is 4.39. The average molecular weight is 530 g/mol. The van der Waals surface area contributed by atoms with Crippen LogP contribution in [0.5, 0.6) is 0 Å². The van der Waals surface area contributed by atoms with Crippen LogP contribution in [-0.4, -0.2) is 65.7 Å². The monoisotopic (exact) mass is 529 g/mol. The van der Waals surface area contributed by atoms with Gasteiger partial charge < -0.3 is 25.0 Å². The van der Waals surface area contributed by atoms with E-state index in [1.807, 2.05) is 99.6 Å². The molecule has 1 aliphatic heterocycles. The highest BCUT2D eigenvalue weighted by molar-refractivity contribution is 6.01. The lowest BCUT2D eigenvalue weighted by atomic mass is 9.94. The third-order valence-electron chi connectivity index (χ3n) is 7.53. The summed E-state index contributed by atoms with van der Waals surface area (Å²) in [6.07, 6.45) is -0.344. The fraction of sp³-hybridized carbons (Fsp3) is 0.375. The van der Waals surface area contributed by atoms with Gasteiger partial charge in [-0.25, -0.2) is 4.79 Å². The van der Waals surface area contributed by atoms with Crippen molar-refractivity contribution in [3.63, 3.8) is 0 Å². The summed E-state index contributed by atoms with van der Waals surface area (Å²) in [4.78, 5) is 30.4. The molecule has 0 saturated carbocycles. The molecule has 3 aromatic carbocycles. The number of carbonyl (C=O) groups excluding carboxylic acids is 2. The molecule has 7 nitrogen and oxygen atoms in total. The molecular formula is C32H39N3O4. The van der Waals surface area contributed by atoms with Gasteiger partial charge in [0.1, 0.15) is 0 Å². The van der Waals surface area contributed by atoms with Gasteiger partial charge in [0, 0.05) is 31.6 Å². The normalized spacial score (nSPS) is 19.2. The molecule has 3 amide bonds.